The summed E-state index contributed by atoms with van der Waals surface area (Å²) in [5.74, 6) is 1.64. The highest BCUT2D eigenvalue weighted by molar-refractivity contribution is 5.97. The van der Waals surface area contributed by atoms with Crippen molar-refractivity contribution in [1.29, 1.82) is 0 Å². The van der Waals surface area contributed by atoms with E-state index in [9.17, 15) is 4.79 Å². The number of anilines is 1. The van der Waals surface area contributed by atoms with E-state index in [0.29, 0.717) is 43.3 Å². The largest absolute Gasteiger partial charge is 0.493 e. The van der Waals surface area contributed by atoms with Gasteiger partial charge in [-0.05, 0) is 36.4 Å². The fourth-order valence-corrected chi connectivity index (χ4v) is 3.77. The molecular formula is C23H21N5O3. The molecule has 0 aliphatic carbocycles. The number of hydrogen-bond acceptors (Lipinski definition) is 7. The van der Waals surface area contributed by atoms with Crippen LogP contribution in [0.25, 0.3) is 22.2 Å². The SMILES string of the molecule is COc1cccc2cc(C(=O)N3CCN(c4ccc(-c5ccncc5)nn4)CC3)oc12. The van der Waals surface area contributed by atoms with E-state index < -0.39 is 0 Å². The average molecular weight is 415 g/mol. The molecule has 3 aromatic heterocycles. The number of amides is 1. The van der Waals surface area contributed by atoms with Crippen LogP contribution in [0.5, 0.6) is 5.75 Å². The normalized spacial score (nSPS) is 14.1. The molecule has 31 heavy (non-hydrogen) atoms. The van der Waals surface area contributed by atoms with Crippen LogP contribution in [0, 0.1) is 0 Å². The van der Waals surface area contributed by atoms with Crippen LogP contribution in [-0.4, -0.2) is 59.3 Å². The molecule has 1 saturated heterocycles. The van der Waals surface area contributed by atoms with Crippen molar-refractivity contribution in [2.24, 2.45) is 0 Å². The zero-order chi connectivity index (χ0) is 21.2. The van der Waals surface area contributed by atoms with Crippen molar-refractivity contribution >= 4 is 22.7 Å². The van der Waals surface area contributed by atoms with E-state index in [2.05, 4.69) is 20.1 Å². The number of hydrogen-bond donors (Lipinski definition) is 0. The molecule has 1 aliphatic heterocycles. The minimum absolute atomic E-state index is 0.114. The number of para-hydroxylation sites is 1. The first-order chi connectivity index (χ1) is 15.2. The molecule has 1 aromatic carbocycles. The average Bonchev–Trinajstić information content (AvgIpc) is 3.29. The molecule has 156 valence electrons. The number of carbonyl (C=O) groups is 1. The van der Waals surface area contributed by atoms with Crippen LogP contribution < -0.4 is 9.64 Å². The van der Waals surface area contributed by atoms with Crippen LogP contribution in [0.15, 0.2) is 65.3 Å². The van der Waals surface area contributed by atoms with Gasteiger partial charge in [-0.1, -0.05) is 12.1 Å². The summed E-state index contributed by atoms with van der Waals surface area (Å²) in [6.45, 7) is 2.53. The number of furan rings is 1. The molecule has 0 N–H and O–H groups in total. The number of aromatic nitrogens is 3. The Hall–Kier alpha value is -3.94. The van der Waals surface area contributed by atoms with Crippen molar-refractivity contribution in [2.45, 2.75) is 0 Å². The first-order valence-corrected chi connectivity index (χ1v) is 10.1. The Labute approximate surface area is 179 Å². The van der Waals surface area contributed by atoms with Gasteiger partial charge in [0.15, 0.2) is 22.9 Å². The number of carbonyl (C=O) groups excluding carboxylic acids is 1. The summed E-state index contributed by atoms with van der Waals surface area (Å²) in [6.07, 6.45) is 3.47. The van der Waals surface area contributed by atoms with Crippen molar-refractivity contribution in [3.63, 3.8) is 0 Å². The smallest absolute Gasteiger partial charge is 0.289 e. The monoisotopic (exact) mass is 415 g/mol. The Balaban J connectivity index is 1.25. The van der Waals surface area contributed by atoms with E-state index in [1.807, 2.05) is 42.5 Å². The first kappa shape index (κ1) is 19.0. The fraction of sp³-hybridized carbons (Fsp3) is 0.217. The lowest BCUT2D eigenvalue weighted by Crippen LogP contribution is -2.49. The second-order valence-electron chi connectivity index (χ2n) is 7.28. The highest BCUT2D eigenvalue weighted by Gasteiger charge is 2.26. The summed E-state index contributed by atoms with van der Waals surface area (Å²) in [7, 11) is 1.59. The third-order valence-electron chi connectivity index (χ3n) is 5.46. The quantitative estimate of drug-likeness (QED) is 0.506. The molecule has 0 bridgehead atoms. The Bertz CT molecular complexity index is 1200. The van der Waals surface area contributed by atoms with Gasteiger partial charge in [0.2, 0.25) is 0 Å². The first-order valence-electron chi connectivity index (χ1n) is 10.1. The van der Waals surface area contributed by atoms with Gasteiger partial charge in [-0.2, -0.15) is 0 Å². The number of rotatable bonds is 4. The standard InChI is InChI=1S/C23H21N5O3/c1-30-19-4-2-3-17-15-20(31-22(17)19)23(29)28-13-11-27(12-14-28)21-6-5-18(25-26-21)16-7-9-24-10-8-16/h2-10,15H,11-14H2,1H3. The maximum Gasteiger partial charge on any atom is 0.289 e. The lowest BCUT2D eigenvalue weighted by Gasteiger charge is -2.34. The van der Waals surface area contributed by atoms with E-state index in [4.69, 9.17) is 9.15 Å². The molecule has 0 unspecified atom stereocenters. The molecule has 1 fully saturated rings. The van der Waals surface area contributed by atoms with E-state index in [-0.39, 0.29) is 5.91 Å². The summed E-state index contributed by atoms with van der Waals surface area (Å²) in [5, 5.41) is 9.57. The molecule has 1 amide bonds. The Morgan fingerprint density at radius 3 is 2.52 bits per heavy atom. The zero-order valence-corrected chi connectivity index (χ0v) is 17.1. The molecule has 4 aromatic rings. The van der Waals surface area contributed by atoms with Crippen molar-refractivity contribution in [2.75, 3.05) is 38.2 Å². The maximum atomic E-state index is 13.0. The number of benzene rings is 1. The van der Waals surface area contributed by atoms with Gasteiger partial charge in [0.25, 0.3) is 5.91 Å². The van der Waals surface area contributed by atoms with Crippen molar-refractivity contribution in [3.05, 3.63) is 66.7 Å². The molecule has 5 rings (SSSR count). The number of fused-ring (bicyclic) bond motifs is 1. The minimum atomic E-state index is -0.114. The van der Waals surface area contributed by atoms with Crippen LogP contribution in [0.4, 0.5) is 5.82 Å². The number of piperazine rings is 1. The predicted molar refractivity (Wildman–Crippen MR) is 116 cm³/mol. The third-order valence-corrected chi connectivity index (χ3v) is 5.46. The topological polar surface area (TPSA) is 84.6 Å². The summed E-state index contributed by atoms with van der Waals surface area (Å²) >= 11 is 0. The second kappa shape index (κ2) is 8.06. The molecule has 0 radical (unpaired) electrons. The van der Waals surface area contributed by atoms with Crippen LogP contribution in [0.1, 0.15) is 10.6 Å². The van der Waals surface area contributed by atoms with Crippen molar-refractivity contribution in [1.82, 2.24) is 20.1 Å². The summed E-state index contributed by atoms with van der Waals surface area (Å²) < 4.78 is 11.1. The summed E-state index contributed by atoms with van der Waals surface area (Å²) in [6, 6.07) is 15.1. The molecule has 8 nitrogen and oxygen atoms in total. The van der Waals surface area contributed by atoms with Crippen LogP contribution in [0.3, 0.4) is 0 Å². The number of nitrogens with zero attached hydrogens (tertiary/aromatic N) is 5. The van der Waals surface area contributed by atoms with Gasteiger partial charge in [-0.25, -0.2) is 0 Å². The summed E-state index contributed by atoms with van der Waals surface area (Å²) in [5.41, 5.74) is 2.38. The number of methoxy groups -OCH3 is 1. The summed E-state index contributed by atoms with van der Waals surface area (Å²) in [4.78, 5) is 20.9. The maximum absolute atomic E-state index is 13.0. The Morgan fingerprint density at radius 1 is 1.00 bits per heavy atom. The molecule has 1 aliphatic rings. The molecule has 0 saturated carbocycles. The molecular weight excluding hydrogens is 394 g/mol. The molecule has 4 heterocycles. The fourth-order valence-electron chi connectivity index (χ4n) is 3.77. The van der Waals surface area contributed by atoms with Gasteiger partial charge in [0.1, 0.15) is 0 Å². The number of pyridine rings is 1. The number of ether oxygens (including phenoxy) is 1. The molecule has 8 heteroatoms. The van der Waals surface area contributed by atoms with Gasteiger partial charge < -0.3 is 19.0 Å². The van der Waals surface area contributed by atoms with Gasteiger partial charge in [-0.3, -0.25) is 9.78 Å². The minimum Gasteiger partial charge on any atom is -0.493 e. The zero-order valence-electron chi connectivity index (χ0n) is 17.1. The third kappa shape index (κ3) is 3.68. The van der Waals surface area contributed by atoms with E-state index in [0.717, 1.165) is 22.5 Å². The van der Waals surface area contributed by atoms with Gasteiger partial charge in [0.05, 0.1) is 12.8 Å². The van der Waals surface area contributed by atoms with Gasteiger partial charge in [-0.15, -0.1) is 10.2 Å². The van der Waals surface area contributed by atoms with Crippen LogP contribution >= 0.6 is 0 Å². The van der Waals surface area contributed by atoms with Gasteiger partial charge in [0, 0.05) is 49.5 Å². The predicted octanol–water partition coefficient (Wildman–Crippen LogP) is 3.26. The highest BCUT2D eigenvalue weighted by atomic mass is 16.5. The van der Waals surface area contributed by atoms with Gasteiger partial charge >= 0.3 is 0 Å². The van der Waals surface area contributed by atoms with Crippen LogP contribution in [0.2, 0.25) is 0 Å². The highest BCUT2D eigenvalue weighted by Crippen LogP contribution is 2.29. The molecule has 0 spiro atoms. The van der Waals surface area contributed by atoms with Crippen molar-refractivity contribution in [3.8, 4) is 17.0 Å². The van der Waals surface area contributed by atoms with Crippen molar-refractivity contribution < 1.29 is 13.9 Å². The molecule has 0 atom stereocenters. The lowest BCUT2D eigenvalue weighted by molar-refractivity contribution is 0.0716. The lowest BCUT2D eigenvalue weighted by atomic mass is 10.2. The van der Waals surface area contributed by atoms with E-state index in [1.165, 1.54) is 0 Å². The van der Waals surface area contributed by atoms with E-state index in [1.54, 1.807) is 30.5 Å². The second-order valence-corrected chi connectivity index (χ2v) is 7.28. The Kier molecular flexibility index (Phi) is 4.95. The Morgan fingerprint density at radius 2 is 1.81 bits per heavy atom. The van der Waals surface area contributed by atoms with E-state index >= 15 is 0 Å². The van der Waals surface area contributed by atoms with Crippen LogP contribution in [-0.2, 0) is 0 Å².